The summed E-state index contributed by atoms with van der Waals surface area (Å²) in [5.41, 5.74) is 5.17. The van der Waals surface area contributed by atoms with E-state index in [1.807, 2.05) is 0 Å². The molecule has 0 aromatic rings. The smallest absolute Gasteiger partial charge is 0.355 e. The van der Waals surface area contributed by atoms with E-state index in [0.717, 1.165) is 12.8 Å². The van der Waals surface area contributed by atoms with E-state index in [1.165, 1.54) is 4.90 Å². The molecule has 1 heterocycles. The molecule has 0 aromatic carbocycles. The van der Waals surface area contributed by atoms with Gasteiger partial charge in [0.25, 0.3) is 0 Å². The first kappa shape index (κ1) is 14.6. The van der Waals surface area contributed by atoms with E-state index in [-0.39, 0.29) is 17.2 Å². The number of amides is 1. The molecule has 1 saturated carbocycles. The summed E-state index contributed by atoms with van der Waals surface area (Å²) in [6, 6.07) is 0. The van der Waals surface area contributed by atoms with Gasteiger partial charge >= 0.3 is 6.18 Å². The lowest BCUT2D eigenvalue weighted by molar-refractivity contribution is -0.143. The van der Waals surface area contributed by atoms with Crippen molar-refractivity contribution in [2.24, 2.45) is 17.1 Å². The second-order valence-corrected chi connectivity index (χ2v) is 5.70. The molecule has 1 amide bonds. The number of hydrogen-bond acceptors (Lipinski definition) is 3. The average Bonchev–Trinajstić information content (AvgIpc) is 3.01. The molecule has 3 N–H and O–H groups in total. The van der Waals surface area contributed by atoms with Gasteiger partial charge in [-0.05, 0) is 31.7 Å². The highest BCUT2D eigenvalue weighted by Gasteiger charge is 2.48. The number of nitrogens with one attached hydrogen (secondary N) is 1. The van der Waals surface area contributed by atoms with Crippen molar-refractivity contribution in [1.82, 2.24) is 10.2 Å². The fraction of sp³-hybridized carbons (Fsp3) is 0.917. The van der Waals surface area contributed by atoms with Crippen LogP contribution < -0.4 is 11.1 Å². The Morgan fingerprint density at radius 2 is 2.11 bits per heavy atom. The van der Waals surface area contributed by atoms with Gasteiger partial charge in [0.2, 0.25) is 5.91 Å². The summed E-state index contributed by atoms with van der Waals surface area (Å²) in [6.45, 7) is 0.792. The predicted molar refractivity (Wildman–Crippen MR) is 64.3 cm³/mol. The van der Waals surface area contributed by atoms with Crippen LogP contribution in [0.1, 0.15) is 19.3 Å². The fourth-order valence-electron chi connectivity index (χ4n) is 2.58. The summed E-state index contributed by atoms with van der Waals surface area (Å²) in [5.74, 6) is 0.0733. The van der Waals surface area contributed by atoms with Gasteiger partial charge in [-0.3, -0.25) is 9.69 Å². The van der Waals surface area contributed by atoms with Crippen LogP contribution in [0.25, 0.3) is 0 Å². The summed E-state index contributed by atoms with van der Waals surface area (Å²) in [4.78, 5) is 13.2. The van der Waals surface area contributed by atoms with Crippen molar-refractivity contribution < 1.29 is 18.0 Å². The summed E-state index contributed by atoms with van der Waals surface area (Å²) in [5, 5.41) is 2.83. The second-order valence-electron chi connectivity index (χ2n) is 5.70. The van der Waals surface area contributed by atoms with Gasteiger partial charge in [0.05, 0.1) is 12.0 Å². The van der Waals surface area contributed by atoms with Crippen molar-refractivity contribution in [3.05, 3.63) is 0 Å². The first-order chi connectivity index (χ1) is 8.85. The molecule has 1 saturated heterocycles. The molecule has 1 aliphatic heterocycles. The van der Waals surface area contributed by atoms with E-state index in [4.69, 9.17) is 5.73 Å². The van der Waals surface area contributed by atoms with Gasteiger partial charge < -0.3 is 11.1 Å². The van der Waals surface area contributed by atoms with E-state index in [1.54, 1.807) is 0 Å². The Balaban J connectivity index is 1.69. The fourth-order valence-corrected chi connectivity index (χ4v) is 2.58. The highest BCUT2D eigenvalue weighted by molar-refractivity contribution is 5.85. The lowest BCUT2D eigenvalue weighted by Crippen LogP contribution is -2.40. The molecule has 2 fully saturated rings. The van der Waals surface area contributed by atoms with Gasteiger partial charge in [-0.15, -0.1) is 0 Å². The molecule has 0 radical (unpaired) electrons. The topological polar surface area (TPSA) is 58.4 Å². The molecule has 19 heavy (non-hydrogen) atoms. The Hall–Kier alpha value is -0.820. The molecule has 0 bridgehead atoms. The minimum Gasteiger partial charge on any atom is -0.355 e. The monoisotopic (exact) mass is 279 g/mol. The standard InChI is InChI=1S/C12H20F3N3O/c13-12(14,15)8-18-4-1-9(6-18)5-17-10(19)11(7-16)2-3-11/h9H,1-8,16H2,(H,17,19). The summed E-state index contributed by atoms with van der Waals surface area (Å²) < 4.78 is 36.7. The molecule has 7 heteroatoms. The largest absolute Gasteiger partial charge is 0.401 e. The van der Waals surface area contributed by atoms with E-state index in [9.17, 15) is 18.0 Å². The minimum absolute atomic E-state index is 0.0377. The average molecular weight is 279 g/mol. The van der Waals surface area contributed by atoms with Crippen LogP contribution in [0.2, 0.25) is 0 Å². The number of rotatable bonds is 5. The zero-order valence-electron chi connectivity index (χ0n) is 10.8. The van der Waals surface area contributed by atoms with Crippen LogP contribution >= 0.6 is 0 Å². The van der Waals surface area contributed by atoms with Gasteiger partial charge in [-0.25, -0.2) is 0 Å². The van der Waals surface area contributed by atoms with Crippen molar-refractivity contribution in [3.8, 4) is 0 Å². The van der Waals surface area contributed by atoms with E-state index >= 15 is 0 Å². The Bertz CT molecular complexity index is 342. The third kappa shape index (κ3) is 3.82. The number of nitrogens with zero attached hydrogens (tertiary/aromatic N) is 1. The number of hydrogen-bond donors (Lipinski definition) is 2. The van der Waals surface area contributed by atoms with Crippen LogP contribution in [-0.4, -0.2) is 49.7 Å². The molecule has 0 spiro atoms. The van der Waals surface area contributed by atoms with Gasteiger partial charge in [0.1, 0.15) is 0 Å². The molecule has 110 valence electrons. The Labute approximate surface area is 110 Å². The zero-order valence-corrected chi connectivity index (χ0v) is 10.8. The zero-order chi connectivity index (χ0) is 14.1. The lowest BCUT2D eigenvalue weighted by Gasteiger charge is -2.19. The molecule has 0 aromatic heterocycles. The second kappa shape index (κ2) is 5.28. The van der Waals surface area contributed by atoms with Crippen molar-refractivity contribution in [1.29, 1.82) is 0 Å². The summed E-state index contributed by atoms with van der Waals surface area (Å²) in [7, 11) is 0. The summed E-state index contributed by atoms with van der Waals surface area (Å²) >= 11 is 0. The lowest BCUT2D eigenvalue weighted by atomic mass is 10.1. The van der Waals surface area contributed by atoms with Crippen LogP contribution in [0, 0.1) is 11.3 Å². The van der Waals surface area contributed by atoms with Crippen molar-refractivity contribution in [3.63, 3.8) is 0 Å². The molecule has 1 aliphatic carbocycles. The maximum absolute atomic E-state index is 12.2. The Morgan fingerprint density at radius 1 is 1.42 bits per heavy atom. The maximum Gasteiger partial charge on any atom is 0.401 e. The third-order valence-electron chi connectivity index (χ3n) is 4.05. The Morgan fingerprint density at radius 3 is 2.63 bits per heavy atom. The normalized spacial score (nSPS) is 26.4. The van der Waals surface area contributed by atoms with Gasteiger partial charge in [-0.2, -0.15) is 13.2 Å². The van der Waals surface area contributed by atoms with Gasteiger partial charge in [0.15, 0.2) is 0 Å². The summed E-state index contributed by atoms with van der Waals surface area (Å²) in [6.07, 6.45) is -1.80. The van der Waals surface area contributed by atoms with Crippen LogP contribution in [-0.2, 0) is 4.79 Å². The Kier molecular flexibility index (Phi) is 4.06. The van der Waals surface area contributed by atoms with E-state index < -0.39 is 12.7 Å². The first-order valence-electron chi connectivity index (χ1n) is 6.62. The highest BCUT2D eigenvalue weighted by atomic mass is 19.4. The van der Waals surface area contributed by atoms with Gasteiger partial charge in [0, 0.05) is 19.6 Å². The van der Waals surface area contributed by atoms with E-state index in [0.29, 0.717) is 32.6 Å². The molecular formula is C12H20F3N3O. The molecular weight excluding hydrogens is 259 g/mol. The SMILES string of the molecule is NCC1(C(=O)NCC2CCN(CC(F)(F)F)C2)CC1. The molecule has 2 rings (SSSR count). The van der Waals surface area contributed by atoms with Crippen molar-refractivity contribution >= 4 is 5.91 Å². The van der Waals surface area contributed by atoms with Crippen LogP contribution in [0.3, 0.4) is 0 Å². The van der Waals surface area contributed by atoms with E-state index in [2.05, 4.69) is 5.32 Å². The molecule has 4 nitrogen and oxygen atoms in total. The first-order valence-corrected chi connectivity index (χ1v) is 6.62. The number of likely N-dealkylation sites (tertiary alicyclic amines) is 1. The number of halogens is 3. The predicted octanol–water partition coefficient (Wildman–Crippen LogP) is 0.726. The van der Waals surface area contributed by atoms with Gasteiger partial charge in [-0.1, -0.05) is 0 Å². The third-order valence-corrected chi connectivity index (χ3v) is 4.05. The van der Waals surface area contributed by atoms with Crippen LogP contribution in [0.5, 0.6) is 0 Å². The van der Waals surface area contributed by atoms with Crippen LogP contribution in [0.15, 0.2) is 0 Å². The molecule has 1 unspecified atom stereocenters. The van der Waals surface area contributed by atoms with Crippen molar-refractivity contribution in [2.45, 2.75) is 25.4 Å². The quantitative estimate of drug-likeness (QED) is 0.780. The minimum atomic E-state index is -4.14. The molecule has 1 atom stereocenters. The number of alkyl halides is 3. The molecule has 2 aliphatic rings. The number of nitrogens with two attached hydrogens (primary N) is 1. The number of carbonyl (C=O) groups is 1. The highest BCUT2D eigenvalue weighted by Crippen LogP contribution is 2.44. The van der Waals surface area contributed by atoms with Crippen molar-refractivity contribution in [2.75, 3.05) is 32.7 Å². The van der Waals surface area contributed by atoms with Crippen LogP contribution in [0.4, 0.5) is 13.2 Å². The maximum atomic E-state index is 12.2. The number of carbonyl (C=O) groups excluding carboxylic acids is 1.